The smallest absolute Gasteiger partial charge is 0.136 e. The van der Waals surface area contributed by atoms with Crippen LogP contribution in [0.25, 0.3) is 0 Å². The molecule has 1 aromatic heterocycles. The van der Waals surface area contributed by atoms with Crippen LogP contribution in [0.3, 0.4) is 0 Å². The van der Waals surface area contributed by atoms with E-state index in [1.807, 2.05) is 7.05 Å². The third-order valence-electron chi connectivity index (χ3n) is 3.54. The summed E-state index contributed by atoms with van der Waals surface area (Å²) in [5.74, 6) is 2.74. The minimum absolute atomic E-state index is 0.274. The van der Waals surface area contributed by atoms with Crippen molar-refractivity contribution in [3.8, 4) is 0 Å². The highest BCUT2D eigenvalue weighted by molar-refractivity contribution is 5.39. The summed E-state index contributed by atoms with van der Waals surface area (Å²) in [7, 11) is 1.93. The number of rotatable bonds is 3. The van der Waals surface area contributed by atoms with Gasteiger partial charge in [-0.15, -0.1) is 0 Å². The normalized spacial score (nSPS) is 22.5. The van der Waals surface area contributed by atoms with E-state index in [9.17, 15) is 0 Å². The van der Waals surface area contributed by atoms with Gasteiger partial charge in [-0.3, -0.25) is 0 Å². The molecule has 3 nitrogen and oxygen atoms in total. The molecule has 3 heteroatoms. The Morgan fingerprint density at radius 3 is 2.60 bits per heavy atom. The van der Waals surface area contributed by atoms with Gasteiger partial charge in [-0.2, -0.15) is 0 Å². The molecule has 0 saturated heterocycles. The third-order valence-corrected chi connectivity index (χ3v) is 3.54. The minimum atomic E-state index is 0.274. The summed E-state index contributed by atoms with van der Waals surface area (Å²) in [5, 5.41) is 3.14. The fourth-order valence-corrected chi connectivity index (χ4v) is 1.86. The molecule has 2 aliphatic rings. The molecule has 0 amide bonds. The van der Waals surface area contributed by atoms with Crippen molar-refractivity contribution in [1.82, 2.24) is 9.97 Å². The van der Waals surface area contributed by atoms with Crippen LogP contribution in [0.15, 0.2) is 6.07 Å². The van der Waals surface area contributed by atoms with Crippen molar-refractivity contribution in [3.63, 3.8) is 0 Å². The average Bonchev–Trinajstić information content (AvgIpc) is 3.11. The first-order valence-corrected chi connectivity index (χ1v) is 5.78. The second kappa shape index (κ2) is 2.94. The van der Waals surface area contributed by atoms with Crippen molar-refractivity contribution in [2.24, 2.45) is 0 Å². The largest absolute Gasteiger partial charge is 0.373 e. The van der Waals surface area contributed by atoms with E-state index >= 15 is 0 Å². The van der Waals surface area contributed by atoms with Crippen LogP contribution < -0.4 is 5.32 Å². The molecule has 1 heterocycles. The van der Waals surface area contributed by atoms with Crippen LogP contribution in [0.2, 0.25) is 0 Å². The Labute approximate surface area is 90.3 Å². The first-order valence-electron chi connectivity index (χ1n) is 5.78. The molecule has 3 rings (SSSR count). The van der Waals surface area contributed by atoms with E-state index in [0.717, 1.165) is 11.6 Å². The lowest BCUT2D eigenvalue weighted by molar-refractivity contribution is 0.698. The van der Waals surface area contributed by atoms with Gasteiger partial charge in [0.2, 0.25) is 0 Å². The molecule has 15 heavy (non-hydrogen) atoms. The van der Waals surface area contributed by atoms with Crippen LogP contribution in [-0.2, 0) is 5.41 Å². The Morgan fingerprint density at radius 1 is 1.33 bits per heavy atom. The van der Waals surface area contributed by atoms with E-state index < -0.39 is 0 Å². The highest BCUT2D eigenvalue weighted by Crippen LogP contribution is 2.47. The molecule has 2 aliphatic carbocycles. The Balaban J connectivity index is 2.01. The van der Waals surface area contributed by atoms with Gasteiger partial charge in [0.25, 0.3) is 0 Å². The maximum atomic E-state index is 4.73. The van der Waals surface area contributed by atoms with Crippen LogP contribution in [0.1, 0.15) is 50.0 Å². The van der Waals surface area contributed by atoms with E-state index in [1.165, 1.54) is 31.4 Å². The van der Waals surface area contributed by atoms with Gasteiger partial charge in [0.1, 0.15) is 11.6 Å². The molecule has 0 aliphatic heterocycles. The molecule has 0 atom stereocenters. The SMILES string of the molecule is CNc1cc(C2CC2)nc(C2(C)CC2)n1. The average molecular weight is 203 g/mol. The number of anilines is 1. The zero-order valence-corrected chi connectivity index (χ0v) is 9.38. The summed E-state index contributed by atoms with van der Waals surface area (Å²) in [6.45, 7) is 2.26. The van der Waals surface area contributed by atoms with Crippen LogP contribution in [0.4, 0.5) is 5.82 Å². The highest BCUT2D eigenvalue weighted by atomic mass is 15.0. The number of nitrogens with one attached hydrogen (secondary N) is 1. The highest BCUT2D eigenvalue weighted by Gasteiger charge is 2.43. The zero-order chi connectivity index (χ0) is 10.5. The molecule has 0 radical (unpaired) electrons. The van der Waals surface area contributed by atoms with Gasteiger partial charge in [-0.25, -0.2) is 9.97 Å². The third kappa shape index (κ3) is 1.60. The first kappa shape index (κ1) is 9.13. The van der Waals surface area contributed by atoms with Gasteiger partial charge in [0.05, 0.1) is 0 Å². The standard InChI is InChI=1S/C12H17N3/c1-12(5-6-12)11-14-9(8-3-4-8)7-10(13-2)15-11/h7-8H,3-6H2,1-2H3,(H,13,14,15). The molecule has 2 fully saturated rings. The first-order chi connectivity index (χ1) is 7.21. The lowest BCUT2D eigenvalue weighted by Gasteiger charge is -2.11. The Bertz CT molecular complexity index is 392. The molecule has 0 aromatic carbocycles. The van der Waals surface area contributed by atoms with Gasteiger partial charge in [-0.1, -0.05) is 6.92 Å². The van der Waals surface area contributed by atoms with Crippen molar-refractivity contribution >= 4 is 5.82 Å². The molecule has 0 bridgehead atoms. The molecule has 0 unspecified atom stereocenters. The summed E-state index contributed by atoms with van der Waals surface area (Å²) in [5.41, 5.74) is 1.52. The second-order valence-corrected chi connectivity index (χ2v) is 5.09. The van der Waals surface area contributed by atoms with Crippen molar-refractivity contribution in [2.45, 2.75) is 43.9 Å². The maximum Gasteiger partial charge on any atom is 0.136 e. The van der Waals surface area contributed by atoms with E-state index in [2.05, 4.69) is 23.3 Å². The lowest BCUT2D eigenvalue weighted by Crippen LogP contribution is -2.10. The van der Waals surface area contributed by atoms with Crippen molar-refractivity contribution < 1.29 is 0 Å². The van der Waals surface area contributed by atoms with Gasteiger partial charge >= 0.3 is 0 Å². The fourth-order valence-electron chi connectivity index (χ4n) is 1.86. The van der Waals surface area contributed by atoms with E-state index in [0.29, 0.717) is 5.92 Å². The van der Waals surface area contributed by atoms with Crippen LogP contribution >= 0.6 is 0 Å². The summed E-state index contributed by atoms with van der Waals surface area (Å²) in [6, 6.07) is 2.10. The summed E-state index contributed by atoms with van der Waals surface area (Å²) >= 11 is 0. The molecule has 2 saturated carbocycles. The number of nitrogens with zero attached hydrogens (tertiary/aromatic N) is 2. The molecule has 0 spiro atoms. The van der Waals surface area contributed by atoms with Crippen LogP contribution in [0.5, 0.6) is 0 Å². The predicted octanol–water partition coefficient (Wildman–Crippen LogP) is 2.45. The number of aromatic nitrogens is 2. The summed E-state index contributed by atoms with van der Waals surface area (Å²) in [4.78, 5) is 9.30. The Hall–Kier alpha value is -1.12. The second-order valence-electron chi connectivity index (χ2n) is 5.09. The number of hydrogen-bond acceptors (Lipinski definition) is 3. The molecular formula is C12H17N3. The summed E-state index contributed by atoms with van der Waals surface area (Å²) in [6.07, 6.45) is 5.08. The van der Waals surface area contributed by atoms with E-state index in [4.69, 9.17) is 4.98 Å². The predicted molar refractivity (Wildman–Crippen MR) is 60.1 cm³/mol. The lowest BCUT2D eigenvalue weighted by atomic mass is 10.1. The number of hydrogen-bond donors (Lipinski definition) is 1. The monoisotopic (exact) mass is 203 g/mol. The maximum absolute atomic E-state index is 4.73. The summed E-state index contributed by atoms with van der Waals surface area (Å²) < 4.78 is 0. The van der Waals surface area contributed by atoms with Gasteiger partial charge < -0.3 is 5.32 Å². The fraction of sp³-hybridized carbons (Fsp3) is 0.667. The molecule has 80 valence electrons. The van der Waals surface area contributed by atoms with E-state index in [1.54, 1.807) is 0 Å². The Kier molecular flexibility index (Phi) is 1.79. The van der Waals surface area contributed by atoms with Crippen molar-refractivity contribution in [2.75, 3.05) is 12.4 Å². The zero-order valence-electron chi connectivity index (χ0n) is 9.38. The minimum Gasteiger partial charge on any atom is -0.373 e. The van der Waals surface area contributed by atoms with Crippen LogP contribution in [0, 0.1) is 0 Å². The van der Waals surface area contributed by atoms with Crippen molar-refractivity contribution in [1.29, 1.82) is 0 Å². The van der Waals surface area contributed by atoms with Crippen molar-refractivity contribution in [3.05, 3.63) is 17.6 Å². The van der Waals surface area contributed by atoms with E-state index in [-0.39, 0.29) is 5.41 Å². The van der Waals surface area contributed by atoms with Gasteiger partial charge in [0, 0.05) is 30.1 Å². The topological polar surface area (TPSA) is 37.8 Å². The van der Waals surface area contributed by atoms with Gasteiger partial charge in [-0.05, 0) is 25.7 Å². The molecule has 1 N–H and O–H groups in total. The molecule has 1 aromatic rings. The Morgan fingerprint density at radius 2 is 2.07 bits per heavy atom. The van der Waals surface area contributed by atoms with Crippen LogP contribution in [-0.4, -0.2) is 17.0 Å². The van der Waals surface area contributed by atoms with Gasteiger partial charge in [0.15, 0.2) is 0 Å². The molecular weight excluding hydrogens is 186 g/mol. The quantitative estimate of drug-likeness (QED) is 0.820.